The minimum Gasteiger partial charge on any atom is -0.481 e. The first-order valence-electron chi connectivity index (χ1n) is 7.16. The van der Waals surface area contributed by atoms with Crippen LogP contribution < -0.4 is 0 Å². The first-order valence-corrected chi connectivity index (χ1v) is 7.16. The number of rotatable bonds is 4. The Morgan fingerprint density at radius 1 is 1.24 bits per heavy atom. The molecule has 1 aliphatic rings. The molecule has 0 unspecified atom stereocenters. The summed E-state index contributed by atoms with van der Waals surface area (Å²) >= 11 is 0. The van der Waals surface area contributed by atoms with Crippen molar-refractivity contribution in [2.75, 3.05) is 0 Å². The summed E-state index contributed by atoms with van der Waals surface area (Å²) in [7, 11) is 0. The van der Waals surface area contributed by atoms with Crippen molar-refractivity contribution in [3.05, 3.63) is 30.4 Å². The summed E-state index contributed by atoms with van der Waals surface area (Å²) in [5.41, 5.74) is 0.0633. The summed E-state index contributed by atoms with van der Waals surface area (Å²) in [5, 5.41) is 13.5. The molecule has 1 aliphatic carbocycles. The maximum absolute atomic E-state index is 11.7. The first kappa shape index (κ1) is 13.7. The molecule has 110 valence electrons. The van der Waals surface area contributed by atoms with Crippen molar-refractivity contribution in [1.29, 1.82) is 0 Å². The van der Waals surface area contributed by atoms with Crippen LogP contribution in [0.25, 0.3) is 11.4 Å². The van der Waals surface area contributed by atoms with Crippen molar-refractivity contribution in [1.82, 2.24) is 15.1 Å². The number of hydrogen-bond acceptors (Lipinski definition) is 5. The highest BCUT2D eigenvalue weighted by Gasteiger charge is 2.41. The van der Waals surface area contributed by atoms with E-state index in [2.05, 4.69) is 15.1 Å². The molecule has 1 fully saturated rings. The number of carboxylic acid groups (broad SMARTS) is 1. The van der Waals surface area contributed by atoms with Crippen molar-refractivity contribution >= 4 is 5.97 Å². The van der Waals surface area contributed by atoms with Crippen LogP contribution in [-0.4, -0.2) is 26.2 Å². The molecule has 6 nitrogen and oxygen atoms in total. The highest BCUT2D eigenvalue weighted by atomic mass is 16.5. The van der Waals surface area contributed by atoms with Crippen molar-refractivity contribution in [3.63, 3.8) is 0 Å². The van der Waals surface area contributed by atoms with Crippen molar-refractivity contribution < 1.29 is 14.4 Å². The van der Waals surface area contributed by atoms with Crippen LogP contribution in [0.4, 0.5) is 0 Å². The van der Waals surface area contributed by atoms with E-state index in [1.807, 2.05) is 0 Å². The fraction of sp³-hybridized carbons (Fsp3) is 0.467. The lowest BCUT2D eigenvalue weighted by molar-refractivity contribution is -0.151. The number of aliphatic carboxylic acids is 1. The van der Waals surface area contributed by atoms with Gasteiger partial charge in [-0.15, -0.1) is 0 Å². The Morgan fingerprint density at radius 3 is 2.62 bits per heavy atom. The van der Waals surface area contributed by atoms with E-state index in [4.69, 9.17) is 4.52 Å². The fourth-order valence-corrected chi connectivity index (χ4v) is 2.93. The quantitative estimate of drug-likeness (QED) is 0.930. The van der Waals surface area contributed by atoms with Gasteiger partial charge in [0.1, 0.15) is 0 Å². The maximum atomic E-state index is 11.7. The largest absolute Gasteiger partial charge is 0.481 e. The van der Waals surface area contributed by atoms with E-state index >= 15 is 0 Å². The summed E-state index contributed by atoms with van der Waals surface area (Å²) in [6.45, 7) is 0. The van der Waals surface area contributed by atoms with E-state index < -0.39 is 11.4 Å². The maximum Gasteiger partial charge on any atom is 0.310 e. The number of aromatic nitrogens is 3. The third-order valence-corrected chi connectivity index (χ3v) is 4.16. The summed E-state index contributed by atoms with van der Waals surface area (Å²) in [6.07, 6.45) is 7.96. The lowest BCUT2D eigenvalue weighted by Crippen LogP contribution is -2.35. The molecule has 21 heavy (non-hydrogen) atoms. The highest BCUT2D eigenvalue weighted by Crippen LogP contribution is 2.39. The Morgan fingerprint density at radius 2 is 1.95 bits per heavy atom. The topological polar surface area (TPSA) is 89.1 Å². The van der Waals surface area contributed by atoms with Crippen LogP contribution in [0, 0.1) is 5.41 Å². The van der Waals surface area contributed by atoms with Gasteiger partial charge in [-0.1, -0.05) is 24.4 Å². The van der Waals surface area contributed by atoms with Crippen molar-refractivity contribution in [2.45, 2.75) is 38.5 Å². The summed E-state index contributed by atoms with van der Waals surface area (Å²) in [4.78, 5) is 19.9. The number of hydrogen-bond donors (Lipinski definition) is 1. The van der Waals surface area contributed by atoms with Crippen molar-refractivity contribution in [2.24, 2.45) is 5.41 Å². The van der Waals surface area contributed by atoms with Crippen LogP contribution in [0.15, 0.2) is 29.0 Å². The molecule has 6 heteroatoms. The second-order valence-electron chi connectivity index (χ2n) is 5.57. The molecule has 0 amide bonds. The summed E-state index contributed by atoms with van der Waals surface area (Å²) in [5.74, 6) is 0.112. The van der Waals surface area contributed by atoms with E-state index in [0.717, 1.165) is 24.8 Å². The Balaban J connectivity index is 1.81. The van der Waals surface area contributed by atoms with Gasteiger partial charge >= 0.3 is 5.97 Å². The lowest BCUT2D eigenvalue weighted by atomic mass is 9.72. The molecule has 2 aromatic heterocycles. The molecule has 0 bridgehead atoms. The van der Waals surface area contributed by atoms with Crippen LogP contribution in [-0.2, 0) is 11.2 Å². The van der Waals surface area contributed by atoms with E-state index in [0.29, 0.717) is 31.0 Å². The molecule has 0 radical (unpaired) electrons. The smallest absolute Gasteiger partial charge is 0.310 e. The molecule has 0 atom stereocenters. The second-order valence-corrected chi connectivity index (χ2v) is 5.57. The molecular weight excluding hydrogens is 270 g/mol. The van der Waals surface area contributed by atoms with E-state index in [1.165, 1.54) is 0 Å². The number of carboxylic acids is 1. The van der Waals surface area contributed by atoms with Gasteiger partial charge in [0.25, 0.3) is 0 Å². The predicted octanol–water partition coefficient (Wildman–Crippen LogP) is 2.71. The Kier molecular flexibility index (Phi) is 3.68. The minimum atomic E-state index is -0.758. The SMILES string of the molecule is O=C(O)C1(Cc2nc(-c3ccncc3)no2)CCCCC1. The zero-order valence-corrected chi connectivity index (χ0v) is 11.7. The van der Waals surface area contributed by atoms with Gasteiger partial charge in [0.2, 0.25) is 11.7 Å². The number of carbonyl (C=O) groups is 1. The summed E-state index contributed by atoms with van der Waals surface area (Å²) in [6, 6.07) is 3.59. The average molecular weight is 287 g/mol. The number of nitrogens with zero attached hydrogens (tertiary/aromatic N) is 3. The van der Waals surface area contributed by atoms with Gasteiger partial charge in [0.05, 0.1) is 5.41 Å². The zero-order chi connectivity index (χ0) is 14.7. The molecule has 0 saturated heterocycles. The van der Waals surface area contributed by atoms with Gasteiger partial charge in [0.15, 0.2) is 0 Å². The highest BCUT2D eigenvalue weighted by molar-refractivity contribution is 5.75. The standard InChI is InChI=1S/C15H17N3O3/c19-14(20)15(6-2-1-3-7-15)10-12-17-13(18-21-12)11-4-8-16-9-5-11/h4-5,8-9H,1-3,6-7,10H2,(H,19,20). The third kappa shape index (κ3) is 2.79. The van der Waals surface area contributed by atoms with E-state index in [-0.39, 0.29) is 0 Å². The molecule has 1 saturated carbocycles. The number of pyridine rings is 1. The van der Waals surface area contributed by atoms with Crippen LogP contribution in [0.3, 0.4) is 0 Å². The molecule has 3 rings (SSSR count). The van der Waals surface area contributed by atoms with Gasteiger partial charge in [-0.3, -0.25) is 9.78 Å². The van der Waals surface area contributed by atoms with Crippen LogP contribution in [0.1, 0.15) is 38.0 Å². The molecule has 1 N–H and O–H groups in total. The Hall–Kier alpha value is -2.24. The predicted molar refractivity (Wildman–Crippen MR) is 74.4 cm³/mol. The van der Waals surface area contributed by atoms with Gasteiger partial charge < -0.3 is 9.63 Å². The first-order chi connectivity index (χ1) is 10.2. The normalized spacial score (nSPS) is 17.5. The van der Waals surface area contributed by atoms with Crippen LogP contribution in [0.2, 0.25) is 0 Å². The molecule has 2 aromatic rings. The second kappa shape index (κ2) is 5.63. The van der Waals surface area contributed by atoms with Crippen LogP contribution in [0.5, 0.6) is 0 Å². The zero-order valence-electron chi connectivity index (χ0n) is 11.7. The monoisotopic (exact) mass is 287 g/mol. The molecular formula is C15H17N3O3. The molecule has 0 spiro atoms. The average Bonchev–Trinajstić information content (AvgIpc) is 2.97. The lowest BCUT2D eigenvalue weighted by Gasteiger charge is -2.31. The van der Waals surface area contributed by atoms with Gasteiger partial charge in [-0.25, -0.2) is 0 Å². The molecule has 0 aliphatic heterocycles. The third-order valence-electron chi connectivity index (χ3n) is 4.16. The molecule has 2 heterocycles. The van der Waals surface area contributed by atoms with Gasteiger partial charge in [-0.05, 0) is 25.0 Å². The van der Waals surface area contributed by atoms with E-state index in [9.17, 15) is 9.90 Å². The van der Waals surface area contributed by atoms with Crippen molar-refractivity contribution in [3.8, 4) is 11.4 Å². The van der Waals surface area contributed by atoms with Crippen LogP contribution >= 0.6 is 0 Å². The Bertz CT molecular complexity index is 618. The Labute approximate surface area is 122 Å². The minimum absolute atomic E-state index is 0.306. The summed E-state index contributed by atoms with van der Waals surface area (Å²) < 4.78 is 5.25. The van der Waals surface area contributed by atoms with Gasteiger partial charge in [-0.2, -0.15) is 4.98 Å². The molecule has 0 aromatic carbocycles. The fourth-order valence-electron chi connectivity index (χ4n) is 2.93. The van der Waals surface area contributed by atoms with E-state index in [1.54, 1.807) is 24.5 Å². The van der Waals surface area contributed by atoms with Gasteiger partial charge in [0, 0.05) is 24.4 Å².